The second kappa shape index (κ2) is 2.38. The summed E-state index contributed by atoms with van der Waals surface area (Å²) in [5.41, 5.74) is 0.957. The van der Waals surface area contributed by atoms with Crippen molar-refractivity contribution in [3.8, 4) is 0 Å². The van der Waals surface area contributed by atoms with Gasteiger partial charge >= 0.3 is 0 Å². The van der Waals surface area contributed by atoms with Crippen molar-refractivity contribution in [3.63, 3.8) is 0 Å². The van der Waals surface area contributed by atoms with E-state index in [1.165, 1.54) is 18.4 Å². The van der Waals surface area contributed by atoms with Gasteiger partial charge < -0.3 is 5.11 Å². The van der Waals surface area contributed by atoms with E-state index in [1.54, 1.807) is 0 Å². The normalized spacial score (nSPS) is 43.9. The summed E-state index contributed by atoms with van der Waals surface area (Å²) in [7, 11) is 0. The van der Waals surface area contributed by atoms with Crippen LogP contribution in [-0.2, 0) is 0 Å². The molecule has 0 aromatic heterocycles. The lowest BCUT2D eigenvalue weighted by atomic mass is 9.69. The first-order valence-electron chi connectivity index (χ1n) is 5.28. The predicted octanol–water partition coefficient (Wildman–Crippen LogP) is 2.75. The van der Waals surface area contributed by atoms with Gasteiger partial charge in [-0.25, -0.2) is 0 Å². The fraction of sp³-hybridized carbons (Fsp3) is 0.833. The Labute approximate surface area is 80.8 Å². The highest BCUT2D eigenvalue weighted by Crippen LogP contribution is 2.58. The van der Waals surface area contributed by atoms with Crippen molar-refractivity contribution >= 4 is 0 Å². The Balaban J connectivity index is 2.39. The summed E-state index contributed by atoms with van der Waals surface area (Å²) in [5.74, 6) is 0.843. The van der Waals surface area contributed by atoms with E-state index in [0.717, 1.165) is 0 Å². The van der Waals surface area contributed by atoms with Crippen molar-refractivity contribution in [2.75, 3.05) is 0 Å². The number of fused-ring (bicyclic) bond motifs is 2. The summed E-state index contributed by atoms with van der Waals surface area (Å²) in [5, 5.41) is 10.7. The first-order valence-corrected chi connectivity index (χ1v) is 5.28. The van der Waals surface area contributed by atoms with Gasteiger partial charge in [-0.05, 0) is 25.2 Å². The van der Waals surface area contributed by atoms with E-state index in [1.807, 2.05) is 0 Å². The Morgan fingerprint density at radius 3 is 2.23 bits per heavy atom. The van der Waals surface area contributed by atoms with Gasteiger partial charge in [-0.15, -0.1) is 0 Å². The lowest BCUT2D eigenvalue weighted by Gasteiger charge is -2.42. The molecule has 74 valence electrons. The largest absolute Gasteiger partial charge is 0.388 e. The van der Waals surface area contributed by atoms with Gasteiger partial charge in [0.05, 0.1) is 5.60 Å². The Morgan fingerprint density at radius 1 is 1.38 bits per heavy atom. The van der Waals surface area contributed by atoms with Crippen molar-refractivity contribution in [3.05, 3.63) is 11.6 Å². The lowest BCUT2D eigenvalue weighted by Crippen LogP contribution is -2.48. The number of hydrogen-bond donors (Lipinski definition) is 1. The maximum absolute atomic E-state index is 10.7. The second-order valence-corrected chi connectivity index (χ2v) is 5.72. The zero-order chi connectivity index (χ0) is 9.85. The van der Waals surface area contributed by atoms with E-state index >= 15 is 0 Å². The highest BCUT2D eigenvalue weighted by molar-refractivity contribution is 5.29. The fourth-order valence-corrected chi connectivity index (χ4v) is 3.34. The summed E-state index contributed by atoms with van der Waals surface area (Å²) in [6, 6.07) is 0. The smallest absolute Gasteiger partial charge is 0.0822 e. The molecule has 0 aromatic rings. The molecule has 1 heteroatoms. The van der Waals surface area contributed by atoms with Crippen LogP contribution in [0.3, 0.4) is 0 Å². The highest BCUT2D eigenvalue weighted by atomic mass is 16.3. The SMILES string of the molecule is CC1=CC2CCC1C2(O)C(C)(C)C. The van der Waals surface area contributed by atoms with E-state index in [-0.39, 0.29) is 5.41 Å². The van der Waals surface area contributed by atoms with Crippen LogP contribution in [-0.4, -0.2) is 10.7 Å². The summed E-state index contributed by atoms with van der Waals surface area (Å²) < 4.78 is 0. The molecule has 0 aliphatic heterocycles. The van der Waals surface area contributed by atoms with E-state index in [4.69, 9.17) is 0 Å². The van der Waals surface area contributed by atoms with Gasteiger partial charge in [-0.1, -0.05) is 32.4 Å². The molecule has 3 atom stereocenters. The molecule has 0 aromatic carbocycles. The molecule has 0 saturated heterocycles. The molecule has 1 saturated carbocycles. The molecule has 2 bridgehead atoms. The van der Waals surface area contributed by atoms with Crippen LogP contribution in [0.15, 0.2) is 11.6 Å². The summed E-state index contributed by atoms with van der Waals surface area (Å²) in [6.07, 6.45) is 4.65. The molecule has 2 aliphatic carbocycles. The molecular weight excluding hydrogens is 160 g/mol. The molecule has 0 radical (unpaired) electrons. The predicted molar refractivity (Wildman–Crippen MR) is 54.4 cm³/mol. The average molecular weight is 180 g/mol. The molecule has 0 heterocycles. The molecule has 1 fully saturated rings. The molecular formula is C12H20O. The standard InChI is InChI=1S/C12H20O/c1-8-7-9-5-6-10(8)12(9,13)11(2,3)4/h7,9-10,13H,5-6H2,1-4H3. The minimum absolute atomic E-state index is 0.00704. The third kappa shape index (κ3) is 0.969. The van der Waals surface area contributed by atoms with Gasteiger partial charge in [-0.3, -0.25) is 0 Å². The minimum atomic E-state index is -0.461. The van der Waals surface area contributed by atoms with Crippen LogP contribution >= 0.6 is 0 Å². The van der Waals surface area contributed by atoms with Crippen molar-refractivity contribution < 1.29 is 5.11 Å². The van der Waals surface area contributed by atoms with Gasteiger partial charge in [0, 0.05) is 11.8 Å². The van der Waals surface area contributed by atoms with Crippen LogP contribution < -0.4 is 0 Å². The monoisotopic (exact) mass is 180 g/mol. The molecule has 0 spiro atoms. The van der Waals surface area contributed by atoms with Gasteiger partial charge in [0.2, 0.25) is 0 Å². The maximum atomic E-state index is 10.7. The Hall–Kier alpha value is -0.300. The van der Waals surface area contributed by atoms with Gasteiger partial charge in [-0.2, -0.15) is 0 Å². The second-order valence-electron chi connectivity index (χ2n) is 5.72. The fourth-order valence-electron chi connectivity index (χ4n) is 3.34. The number of rotatable bonds is 0. The number of hydrogen-bond acceptors (Lipinski definition) is 1. The van der Waals surface area contributed by atoms with Crippen LogP contribution in [0.4, 0.5) is 0 Å². The molecule has 3 unspecified atom stereocenters. The van der Waals surface area contributed by atoms with E-state index < -0.39 is 5.60 Å². The van der Waals surface area contributed by atoms with Gasteiger partial charge in [0.25, 0.3) is 0 Å². The van der Waals surface area contributed by atoms with Crippen LogP contribution in [0.25, 0.3) is 0 Å². The zero-order valence-corrected chi connectivity index (χ0v) is 9.09. The van der Waals surface area contributed by atoms with E-state index in [0.29, 0.717) is 11.8 Å². The molecule has 0 amide bonds. The van der Waals surface area contributed by atoms with Crippen molar-refractivity contribution in [2.24, 2.45) is 17.3 Å². The Kier molecular flexibility index (Phi) is 1.70. The quantitative estimate of drug-likeness (QED) is 0.568. The highest BCUT2D eigenvalue weighted by Gasteiger charge is 2.58. The van der Waals surface area contributed by atoms with Crippen LogP contribution in [0.5, 0.6) is 0 Å². The van der Waals surface area contributed by atoms with E-state index in [9.17, 15) is 5.11 Å². The minimum Gasteiger partial charge on any atom is -0.388 e. The Bertz CT molecular complexity index is 259. The summed E-state index contributed by atoms with van der Waals surface area (Å²) in [4.78, 5) is 0. The maximum Gasteiger partial charge on any atom is 0.0822 e. The van der Waals surface area contributed by atoms with Crippen molar-refractivity contribution in [2.45, 2.75) is 46.1 Å². The first kappa shape index (κ1) is 9.26. The van der Waals surface area contributed by atoms with Crippen molar-refractivity contribution in [1.29, 1.82) is 0 Å². The molecule has 1 nitrogen and oxygen atoms in total. The summed E-state index contributed by atoms with van der Waals surface area (Å²) in [6.45, 7) is 8.64. The molecule has 13 heavy (non-hydrogen) atoms. The summed E-state index contributed by atoms with van der Waals surface area (Å²) >= 11 is 0. The lowest BCUT2D eigenvalue weighted by molar-refractivity contribution is -0.0903. The van der Waals surface area contributed by atoms with Crippen LogP contribution in [0.1, 0.15) is 40.5 Å². The molecule has 1 N–H and O–H groups in total. The third-order valence-electron chi connectivity index (χ3n) is 4.08. The third-order valence-corrected chi connectivity index (χ3v) is 4.08. The van der Waals surface area contributed by atoms with Gasteiger partial charge in [0.15, 0.2) is 0 Å². The topological polar surface area (TPSA) is 20.2 Å². The van der Waals surface area contributed by atoms with E-state index in [2.05, 4.69) is 33.8 Å². The Morgan fingerprint density at radius 2 is 2.00 bits per heavy atom. The number of aliphatic hydroxyl groups is 1. The molecule has 2 aliphatic rings. The zero-order valence-electron chi connectivity index (χ0n) is 9.09. The average Bonchev–Trinajstić information content (AvgIpc) is 2.40. The van der Waals surface area contributed by atoms with Crippen LogP contribution in [0.2, 0.25) is 0 Å². The van der Waals surface area contributed by atoms with Crippen molar-refractivity contribution in [1.82, 2.24) is 0 Å². The first-order chi connectivity index (χ1) is 5.87. The van der Waals surface area contributed by atoms with Gasteiger partial charge in [0.1, 0.15) is 0 Å². The van der Waals surface area contributed by atoms with Crippen LogP contribution in [0, 0.1) is 17.3 Å². The molecule has 2 rings (SSSR count).